The van der Waals surface area contributed by atoms with Gasteiger partial charge < -0.3 is 5.32 Å². The first-order valence-electron chi connectivity index (χ1n) is 8.95. The third kappa shape index (κ3) is 3.67. The van der Waals surface area contributed by atoms with Crippen molar-refractivity contribution in [3.63, 3.8) is 0 Å². The van der Waals surface area contributed by atoms with Crippen LogP contribution < -0.4 is 5.32 Å². The average Bonchev–Trinajstić information content (AvgIpc) is 3.37. The van der Waals surface area contributed by atoms with Gasteiger partial charge in [-0.05, 0) is 68.5 Å². The summed E-state index contributed by atoms with van der Waals surface area (Å²) in [4.78, 5) is 2.76. The second-order valence-electron chi connectivity index (χ2n) is 7.27. The third-order valence-corrected chi connectivity index (χ3v) is 5.70. The Balaban J connectivity index is 0.00000144. The van der Waals surface area contributed by atoms with Crippen LogP contribution in [0.4, 0.5) is 0 Å². The molecule has 2 aliphatic carbocycles. The average molecular weight is 321 g/mol. The van der Waals surface area contributed by atoms with Crippen molar-refractivity contribution in [2.45, 2.75) is 57.0 Å². The Morgan fingerprint density at radius 1 is 1.00 bits per heavy atom. The summed E-state index contributed by atoms with van der Waals surface area (Å²) in [5, 5.41) is 3.80. The molecule has 1 atom stereocenters. The zero-order valence-corrected chi connectivity index (χ0v) is 14.3. The molecule has 1 heterocycles. The molecule has 0 radical (unpaired) electrons. The van der Waals surface area contributed by atoms with Crippen LogP contribution in [-0.2, 0) is 6.42 Å². The van der Waals surface area contributed by atoms with Crippen LogP contribution in [-0.4, -0.2) is 30.6 Å². The fraction of sp³-hybridized carbons (Fsp3) is 0.684. The lowest BCUT2D eigenvalue weighted by atomic mass is 9.86. The highest BCUT2D eigenvalue weighted by Gasteiger charge is 2.29. The molecule has 1 aromatic carbocycles. The standard InChI is InChI=1S/C19H28N2.ClH/c1-2-6-18-16(4-1)5-3-7-19(18)21-12-10-17(11-13-21)20-14-15-8-9-15;/h1-2,4,6,15,17,19-20H,3,5,7-14H2;1H. The van der Waals surface area contributed by atoms with Crippen LogP contribution in [0.5, 0.6) is 0 Å². The molecule has 1 saturated heterocycles. The molecule has 1 N–H and O–H groups in total. The van der Waals surface area contributed by atoms with Gasteiger partial charge in [0.05, 0.1) is 0 Å². The second kappa shape index (κ2) is 7.33. The van der Waals surface area contributed by atoms with Crippen molar-refractivity contribution in [3.05, 3.63) is 35.4 Å². The van der Waals surface area contributed by atoms with Crippen molar-refractivity contribution < 1.29 is 0 Å². The smallest absolute Gasteiger partial charge is 0.0350 e. The molecule has 22 heavy (non-hydrogen) atoms. The van der Waals surface area contributed by atoms with Crippen LogP contribution in [0.1, 0.15) is 55.7 Å². The summed E-state index contributed by atoms with van der Waals surface area (Å²) in [6.45, 7) is 3.83. The van der Waals surface area contributed by atoms with E-state index in [9.17, 15) is 0 Å². The van der Waals surface area contributed by atoms with Gasteiger partial charge in [-0.3, -0.25) is 4.90 Å². The lowest BCUT2D eigenvalue weighted by molar-refractivity contribution is 0.130. The number of aryl methyl sites for hydroxylation is 1. The summed E-state index contributed by atoms with van der Waals surface area (Å²) < 4.78 is 0. The first kappa shape index (κ1) is 16.3. The third-order valence-electron chi connectivity index (χ3n) is 5.70. The normalized spacial score (nSPS) is 26.3. The number of hydrogen-bond donors (Lipinski definition) is 1. The SMILES string of the molecule is Cl.c1ccc2c(c1)CCCC2N1CCC(NCC2CC2)CC1. The lowest BCUT2D eigenvalue weighted by Gasteiger charge is -2.40. The van der Waals surface area contributed by atoms with Crippen molar-refractivity contribution in [3.8, 4) is 0 Å². The van der Waals surface area contributed by atoms with Gasteiger partial charge in [0.15, 0.2) is 0 Å². The van der Waals surface area contributed by atoms with Gasteiger partial charge in [-0.25, -0.2) is 0 Å². The Morgan fingerprint density at radius 3 is 2.55 bits per heavy atom. The lowest BCUT2D eigenvalue weighted by Crippen LogP contribution is -2.44. The van der Waals surface area contributed by atoms with E-state index in [0.717, 1.165) is 12.0 Å². The monoisotopic (exact) mass is 320 g/mol. The Bertz CT molecular complexity index is 478. The van der Waals surface area contributed by atoms with Gasteiger partial charge in [-0.1, -0.05) is 24.3 Å². The first-order chi connectivity index (χ1) is 10.4. The largest absolute Gasteiger partial charge is 0.314 e. The van der Waals surface area contributed by atoms with Crippen LogP contribution in [0, 0.1) is 5.92 Å². The van der Waals surface area contributed by atoms with Gasteiger partial charge in [-0.15, -0.1) is 12.4 Å². The highest BCUT2D eigenvalue weighted by atomic mass is 35.5. The van der Waals surface area contributed by atoms with Gasteiger partial charge in [-0.2, -0.15) is 0 Å². The molecule has 1 saturated carbocycles. The van der Waals surface area contributed by atoms with Gasteiger partial charge in [0, 0.05) is 25.2 Å². The zero-order chi connectivity index (χ0) is 14.1. The number of piperidine rings is 1. The highest BCUT2D eigenvalue weighted by Crippen LogP contribution is 2.35. The highest BCUT2D eigenvalue weighted by molar-refractivity contribution is 5.85. The Morgan fingerprint density at radius 2 is 1.77 bits per heavy atom. The fourth-order valence-electron chi connectivity index (χ4n) is 4.18. The molecule has 2 nitrogen and oxygen atoms in total. The number of likely N-dealkylation sites (tertiary alicyclic amines) is 1. The number of rotatable bonds is 4. The van der Waals surface area contributed by atoms with Crippen LogP contribution in [0.25, 0.3) is 0 Å². The van der Waals surface area contributed by atoms with E-state index in [2.05, 4.69) is 34.5 Å². The molecule has 1 aliphatic heterocycles. The second-order valence-corrected chi connectivity index (χ2v) is 7.27. The van der Waals surface area contributed by atoms with Crippen LogP contribution >= 0.6 is 12.4 Å². The Hall–Kier alpha value is -0.570. The molecule has 4 rings (SSSR count). The molecule has 3 heteroatoms. The minimum absolute atomic E-state index is 0. The van der Waals surface area contributed by atoms with Gasteiger partial charge in [0.1, 0.15) is 0 Å². The molecule has 1 aromatic rings. The summed E-state index contributed by atoms with van der Waals surface area (Å²) >= 11 is 0. The molecule has 3 aliphatic rings. The number of fused-ring (bicyclic) bond motifs is 1. The number of nitrogens with one attached hydrogen (secondary N) is 1. The maximum absolute atomic E-state index is 3.80. The number of halogens is 1. The molecule has 0 spiro atoms. The van der Waals surface area contributed by atoms with E-state index in [1.807, 2.05) is 0 Å². The van der Waals surface area contributed by atoms with Gasteiger partial charge in [0.25, 0.3) is 0 Å². The number of hydrogen-bond acceptors (Lipinski definition) is 2. The van der Waals surface area contributed by atoms with Crippen molar-refractivity contribution in [1.82, 2.24) is 10.2 Å². The molecule has 122 valence electrons. The van der Waals surface area contributed by atoms with E-state index < -0.39 is 0 Å². The van der Waals surface area contributed by atoms with Gasteiger partial charge >= 0.3 is 0 Å². The first-order valence-corrected chi connectivity index (χ1v) is 8.95. The Labute approximate surface area is 141 Å². The van der Waals surface area contributed by atoms with Crippen molar-refractivity contribution in [1.29, 1.82) is 0 Å². The van der Waals surface area contributed by atoms with Crippen molar-refractivity contribution in [2.75, 3.05) is 19.6 Å². The number of nitrogens with zero attached hydrogens (tertiary/aromatic N) is 1. The Kier molecular flexibility index (Phi) is 5.43. The predicted octanol–water partition coefficient (Wildman–Crippen LogP) is 3.95. The summed E-state index contributed by atoms with van der Waals surface area (Å²) in [6.07, 6.45) is 9.61. The maximum Gasteiger partial charge on any atom is 0.0350 e. The molecule has 2 fully saturated rings. The zero-order valence-electron chi connectivity index (χ0n) is 13.5. The minimum Gasteiger partial charge on any atom is -0.314 e. The molecule has 1 unspecified atom stereocenters. The van der Waals surface area contributed by atoms with Crippen molar-refractivity contribution >= 4 is 12.4 Å². The van der Waals surface area contributed by atoms with E-state index in [0.29, 0.717) is 6.04 Å². The number of benzene rings is 1. The van der Waals surface area contributed by atoms with E-state index in [-0.39, 0.29) is 12.4 Å². The molecular weight excluding hydrogens is 292 g/mol. The van der Waals surface area contributed by atoms with Crippen molar-refractivity contribution in [2.24, 2.45) is 5.92 Å². The van der Waals surface area contributed by atoms with E-state index in [1.54, 1.807) is 11.1 Å². The van der Waals surface area contributed by atoms with Crippen LogP contribution in [0.15, 0.2) is 24.3 Å². The summed E-state index contributed by atoms with van der Waals surface area (Å²) in [5.74, 6) is 1.01. The molecular formula is C19H29ClN2. The van der Waals surface area contributed by atoms with E-state index >= 15 is 0 Å². The predicted molar refractivity (Wildman–Crippen MR) is 94.7 cm³/mol. The topological polar surface area (TPSA) is 15.3 Å². The van der Waals surface area contributed by atoms with E-state index in [4.69, 9.17) is 0 Å². The summed E-state index contributed by atoms with van der Waals surface area (Å²) in [5.41, 5.74) is 3.22. The fourth-order valence-corrected chi connectivity index (χ4v) is 4.18. The van der Waals surface area contributed by atoms with E-state index in [1.165, 1.54) is 64.6 Å². The van der Waals surface area contributed by atoms with Crippen LogP contribution in [0.2, 0.25) is 0 Å². The van der Waals surface area contributed by atoms with Gasteiger partial charge in [0.2, 0.25) is 0 Å². The molecule has 0 aromatic heterocycles. The maximum atomic E-state index is 3.80. The molecule has 0 bridgehead atoms. The van der Waals surface area contributed by atoms with Crippen LogP contribution in [0.3, 0.4) is 0 Å². The quantitative estimate of drug-likeness (QED) is 0.903. The molecule has 0 amide bonds. The summed E-state index contributed by atoms with van der Waals surface area (Å²) in [7, 11) is 0. The minimum atomic E-state index is 0. The summed E-state index contributed by atoms with van der Waals surface area (Å²) in [6, 6.07) is 10.6.